The van der Waals surface area contributed by atoms with Crippen molar-refractivity contribution < 1.29 is 27.8 Å². The van der Waals surface area contributed by atoms with E-state index in [2.05, 4.69) is 5.32 Å². The summed E-state index contributed by atoms with van der Waals surface area (Å²) in [4.78, 5) is 12.2. The molecule has 154 valence electrons. The summed E-state index contributed by atoms with van der Waals surface area (Å²) < 4.78 is 45.2. The van der Waals surface area contributed by atoms with Crippen LogP contribution in [0.3, 0.4) is 0 Å². The lowest BCUT2D eigenvalue weighted by Gasteiger charge is -2.34. The van der Waals surface area contributed by atoms with Gasteiger partial charge in [-0.15, -0.1) is 0 Å². The number of rotatable bonds is 4. The van der Waals surface area contributed by atoms with Gasteiger partial charge in [0.25, 0.3) is 0 Å². The Kier molecular flexibility index (Phi) is 5.36. The number of anilines is 1. The van der Waals surface area contributed by atoms with E-state index >= 15 is 0 Å². The Morgan fingerprint density at radius 3 is 2.54 bits per heavy atom. The molecule has 2 N–H and O–H groups in total. The van der Waals surface area contributed by atoms with Crippen molar-refractivity contribution in [1.29, 1.82) is 0 Å². The smallest absolute Gasteiger partial charge is 0.412 e. The number of ether oxygens (including phenoxy) is 1. The minimum absolute atomic E-state index is 0.103. The van der Waals surface area contributed by atoms with Gasteiger partial charge in [-0.3, -0.25) is 5.32 Å². The molecule has 0 radical (unpaired) electrons. The molecule has 1 aromatic carbocycles. The molecule has 0 unspecified atom stereocenters. The van der Waals surface area contributed by atoms with Gasteiger partial charge in [-0.1, -0.05) is 0 Å². The van der Waals surface area contributed by atoms with Crippen molar-refractivity contribution in [3.8, 4) is 0 Å². The van der Waals surface area contributed by atoms with Gasteiger partial charge in [0.05, 0.1) is 11.2 Å². The molecule has 0 aliphatic heterocycles. The third-order valence-corrected chi connectivity index (χ3v) is 4.86. The van der Waals surface area contributed by atoms with Gasteiger partial charge in [0, 0.05) is 18.2 Å². The largest absolute Gasteiger partial charge is 0.444 e. The summed E-state index contributed by atoms with van der Waals surface area (Å²) in [5.74, 6) is 0.361. The molecular formula is C20H25F3N2O3. The molecular weight excluding hydrogens is 373 g/mol. The molecule has 28 heavy (non-hydrogen) atoms. The first-order valence-electron chi connectivity index (χ1n) is 9.25. The Morgan fingerprint density at radius 1 is 1.29 bits per heavy atom. The van der Waals surface area contributed by atoms with E-state index in [9.17, 15) is 23.1 Å². The van der Waals surface area contributed by atoms with Gasteiger partial charge in [-0.2, -0.15) is 13.2 Å². The summed E-state index contributed by atoms with van der Waals surface area (Å²) in [5.41, 5.74) is 1.000. The van der Waals surface area contributed by atoms with Crippen molar-refractivity contribution in [3.63, 3.8) is 0 Å². The Labute approximate surface area is 161 Å². The van der Waals surface area contributed by atoms with Crippen LogP contribution in [0.2, 0.25) is 0 Å². The number of alkyl halides is 3. The molecule has 0 saturated heterocycles. The first-order chi connectivity index (χ1) is 12.9. The summed E-state index contributed by atoms with van der Waals surface area (Å²) >= 11 is 0. The molecule has 1 heterocycles. The van der Waals surface area contributed by atoms with Crippen LogP contribution < -0.4 is 5.32 Å². The highest BCUT2D eigenvalue weighted by Gasteiger charge is 2.32. The lowest BCUT2D eigenvalue weighted by Crippen LogP contribution is -2.27. The van der Waals surface area contributed by atoms with Crippen LogP contribution in [-0.4, -0.2) is 34.2 Å². The van der Waals surface area contributed by atoms with Crippen molar-refractivity contribution in [2.45, 2.75) is 57.9 Å². The van der Waals surface area contributed by atoms with Gasteiger partial charge >= 0.3 is 12.3 Å². The van der Waals surface area contributed by atoms with Crippen molar-refractivity contribution in [1.82, 2.24) is 4.57 Å². The van der Waals surface area contributed by atoms with Crippen LogP contribution in [0.5, 0.6) is 0 Å². The Balaban J connectivity index is 1.97. The fourth-order valence-corrected chi connectivity index (χ4v) is 3.56. The number of nitrogens with zero attached hydrogens (tertiary/aromatic N) is 1. The van der Waals surface area contributed by atoms with E-state index in [4.69, 9.17) is 4.74 Å². The molecule has 0 bridgehead atoms. The number of aromatic nitrogens is 1. The second kappa shape index (κ2) is 7.31. The quantitative estimate of drug-likeness (QED) is 0.759. The molecule has 1 aromatic heterocycles. The number of hydrogen-bond acceptors (Lipinski definition) is 3. The monoisotopic (exact) mass is 398 g/mol. The fourth-order valence-electron chi connectivity index (χ4n) is 3.56. The number of nitrogens with one attached hydrogen (secondary N) is 1. The number of hydrogen-bond donors (Lipinski definition) is 2. The van der Waals surface area contributed by atoms with E-state index in [1.807, 2.05) is 0 Å². The van der Waals surface area contributed by atoms with Crippen LogP contribution in [0.1, 0.15) is 45.1 Å². The average Bonchev–Trinajstić information content (AvgIpc) is 2.85. The molecule has 5 nitrogen and oxygen atoms in total. The van der Waals surface area contributed by atoms with Gasteiger partial charge in [0.1, 0.15) is 12.1 Å². The molecule has 0 spiro atoms. The first-order valence-corrected chi connectivity index (χ1v) is 9.25. The fraction of sp³-hybridized carbons (Fsp3) is 0.550. The van der Waals surface area contributed by atoms with Crippen LogP contribution in [-0.2, 0) is 11.3 Å². The SMILES string of the molecule is CC(C)(C)OC(=O)Nc1cc(C2CC(CO)C2)cc2c1ccn2CC(F)(F)F. The molecule has 3 rings (SSSR count). The summed E-state index contributed by atoms with van der Waals surface area (Å²) in [6.07, 6.45) is -2.09. The minimum Gasteiger partial charge on any atom is -0.444 e. The predicted molar refractivity (Wildman–Crippen MR) is 100 cm³/mol. The number of carbonyl (C=O) groups excluding carboxylic acids is 1. The Morgan fingerprint density at radius 2 is 1.96 bits per heavy atom. The standard InChI is InChI=1S/C20H25F3N2O3/c1-19(2,3)28-18(27)24-16-8-14(13-6-12(7-13)10-26)9-17-15(16)4-5-25(17)11-20(21,22)23/h4-5,8-9,12-13,26H,6-7,10-11H2,1-3H3,(H,24,27). The lowest BCUT2D eigenvalue weighted by atomic mass is 9.71. The number of amides is 1. The van der Waals surface area contributed by atoms with E-state index in [1.54, 1.807) is 39.0 Å². The van der Waals surface area contributed by atoms with E-state index in [0.29, 0.717) is 16.6 Å². The highest BCUT2D eigenvalue weighted by Crippen LogP contribution is 2.43. The van der Waals surface area contributed by atoms with Gasteiger partial charge in [0.2, 0.25) is 0 Å². The third-order valence-electron chi connectivity index (χ3n) is 4.86. The molecule has 0 atom stereocenters. The molecule has 1 amide bonds. The summed E-state index contributed by atoms with van der Waals surface area (Å²) in [5, 5.41) is 12.4. The van der Waals surface area contributed by atoms with E-state index < -0.39 is 24.4 Å². The molecule has 1 saturated carbocycles. The zero-order valence-corrected chi connectivity index (χ0v) is 16.1. The molecule has 1 aliphatic carbocycles. The second-order valence-corrected chi connectivity index (χ2v) is 8.40. The van der Waals surface area contributed by atoms with Gasteiger partial charge in [0.15, 0.2) is 0 Å². The highest BCUT2D eigenvalue weighted by molar-refractivity contribution is 6.00. The van der Waals surface area contributed by atoms with Gasteiger partial charge < -0.3 is 14.4 Å². The Bertz CT molecular complexity index is 862. The summed E-state index contributed by atoms with van der Waals surface area (Å²) in [7, 11) is 0. The number of carbonyl (C=O) groups is 1. The second-order valence-electron chi connectivity index (χ2n) is 8.40. The molecule has 1 aliphatic rings. The third kappa shape index (κ3) is 4.79. The van der Waals surface area contributed by atoms with E-state index in [-0.39, 0.29) is 18.4 Å². The molecule has 1 fully saturated rings. The number of aliphatic hydroxyl groups excluding tert-OH is 1. The number of aliphatic hydroxyl groups is 1. The van der Waals surface area contributed by atoms with Crippen LogP contribution >= 0.6 is 0 Å². The summed E-state index contributed by atoms with van der Waals surface area (Å²) in [6.45, 7) is 4.22. The molecule has 8 heteroatoms. The predicted octanol–water partition coefficient (Wildman–Crippen LogP) is 5.04. The van der Waals surface area contributed by atoms with Crippen LogP contribution in [0.4, 0.5) is 23.7 Å². The van der Waals surface area contributed by atoms with E-state index in [1.165, 1.54) is 6.20 Å². The van der Waals surface area contributed by atoms with Crippen molar-refractivity contribution in [2.24, 2.45) is 5.92 Å². The maximum absolute atomic E-state index is 12.9. The number of halogens is 3. The molecule has 2 aromatic rings. The minimum atomic E-state index is -4.35. The number of benzene rings is 1. The lowest BCUT2D eigenvalue weighted by molar-refractivity contribution is -0.139. The summed E-state index contributed by atoms with van der Waals surface area (Å²) in [6, 6.07) is 5.11. The zero-order chi connectivity index (χ0) is 20.7. The van der Waals surface area contributed by atoms with Crippen LogP contribution in [0, 0.1) is 5.92 Å². The van der Waals surface area contributed by atoms with Gasteiger partial charge in [-0.05, 0) is 69.2 Å². The highest BCUT2D eigenvalue weighted by atomic mass is 19.4. The van der Waals surface area contributed by atoms with Crippen molar-refractivity contribution >= 4 is 22.7 Å². The van der Waals surface area contributed by atoms with Gasteiger partial charge in [-0.25, -0.2) is 4.79 Å². The first kappa shape index (κ1) is 20.5. The van der Waals surface area contributed by atoms with Crippen molar-refractivity contribution in [2.75, 3.05) is 11.9 Å². The zero-order valence-electron chi connectivity index (χ0n) is 16.1. The van der Waals surface area contributed by atoms with Crippen LogP contribution in [0.15, 0.2) is 24.4 Å². The Hall–Kier alpha value is -2.22. The number of fused-ring (bicyclic) bond motifs is 1. The van der Waals surface area contributed by atoms with E-state index in [0.717, 1.165) is 23.0 Å². The maximum Gasteiger partial charge on any atom is 0.412 e. The average molecular weight is 398 g/mol. The van der Waals surface area contributed by atoms with Crippen molar-refractivity contribution in [3.05, 3.63) is 30.0 Å². The van der Waals surface area contributed by atoms with Crippen LogP contribution in [0.25, 0.3) is 10.9 Å². The normalized spacial score (nSPS) is 20.1. The maximum atomic E-state index is 12.9. The topological polar surface area (TPSA) is 63.5 Å².